The number of aryl methyl sites for hydroxylation is 3. The second-order valence-electron chi connectivity index (χ2n) is 4.82. The molecule has 0 aliphatic carbocycles. The van der Waals surface area contributed by atoms with Crippen LogP contribution in [0.25, 0.3) is 0 Å². The van der Waals surface area contributed by atoms with Gasteiger partial charge in [-0.1, -0.05) is 29.5 Å². The molecule has 0 fully saturated rings. The number of anilines is 1. The summed E-state index contributed by atoms with van der Waals surface area (Å²) in [4.78, 5) is 16.6. The van der Waals surface area contributed by atoms with E-state index in [1.807, 2.05) is 45.2 Å². The van der Waals surface area contributed by atoms with Gasteiger partial charge < -0.3 is 5.32 Å². The van der Waals surface area contributed by atoms with Gasteiger partial charge in [0.1, 0.15) is 0 Å². The maximum Gasteiger partial charge on any atom is 0.237 e. The highest BCUT2D eigenvalue weighted by molar-refractivity contribution is 8.02. The molecule has 3 nitrogen and oxygen atoms in total. The van der Waals surface area contributed by atoms with Crippen molar-refractivity contribution in [3.05, 3.63) is 40.4 Å². The zero-order valence-electron chi connectivity index (χ0n) is 12.1. The Hall–Kier alpha value is -1.33. The summed E-state index contributed by atoms with van der Waals surface area (Å²) in [6.07, 6.45) is 0. The van der Waals surface area contributed by atoms with E-state index in [-0.39, 0.29) is 11.2 Å². The van der Waals surface area contributed by atoms with Crippen LogP contribution in [0.3, 0.4) is 0 Å². The van der Waals surface area contributed by atoms with Gasteiger partial charge in [-0.2, -0.15) is 0 Å². The molecule has 0 aliphatic rings. The summed E-state index contributed by atoms with van der Waals surface area (Å²) in [6, 6.07) is 6.02. The van der Waals surface area contributed by atoms with Crippen molar-refractivity contribution in [2.24, 2.45) is 0 Å². The number of hydrogen-bond donors (Lipinski definition) is 1. The van der Waals surface area contributed by atoms with Gasteiger partial charge in [0.15, 0.2) is 4.34 Å². The number of nitrogens with zero attached hydrogens (tertiary/aromatic N) is 1. The smallest absolute Gasteiger partial charge is 0.237 e. The molecule has 1 N–H and O–H groups in total. The van der Waals surface area contributed by atoms with Crippen LogP contribution in [-0.4, -0.2) is 16.1 Å². The Morgan fingerprint density at radius 1 is 1.35 bits per heavy atom. The van der Waals surface area contributed by atoms with Gasteiger partial charge in [-0.05, 0) is 39.3 Å². The van der Waals surface area contributed by atoms with Crippen LogP contribution in [-0.2, 0) is 4.79 Å². The van der Waals surface area contributed by atoms with Crippen molar-refractivity contribution >= 4 is 34.7 Å². The van der Waals surface area contributed by atoms with E-state index < -0.39 is 0 Å². The molecule has 1 aromatic heterocycles. The number of hydrogen-bond acceptors (Lipinski definition) is 4. The predicted molar refractivity (Wildman–Crippen MR) is 86.7 cm³/mol. The molecule has 1 amide bonds. The number of aromatic nitrogens is 1. The molecular formula is C15H18N2OS2. The topological polar surface area (TPSA) is 42.0 Å². The van der Waals surface area contributed by atoms with Crippen molar-refractivity contribution in [2.45, 2.75) is 37.3 Å². The predicted octanol–water partition coefficient (Wildman–Crippen LogP) is 4.19. The highest BCUT2D eigenvalue weighted by atomic mass is 32.2. The zero-order chi connectivity index (χ0) is 14.7. The first-order valence-corrected chi connectivity index (χ1v) is 8.18. The van der Waals surface area contributed by atoms with Crippen LogP contribution in [0.1, 0.15) is 23.7 Å². The van der Waals surface area contributed by atoms with Gasteiger partial charge in [0, 0.05) is 16.8 Å². The fraction of sp³-hybridized carbons (Fsp3) is 0.333. The standard InChI is InChI=1S/C15H18N2OS2/c1-9-5-6-13(10(2)7-9)17-14(18)12(4)20-15-16-11(3)8-19-15/h5-8,12H,1-4H3,(H,17,18). The number of amides is 1. The summed E-state index contributed by atoms with van der Waals surface area (Å²) in [5.74, 6) is 0.00908. The summed E-state index contributed by atoms with van der Waals surface area (Å²) in [5.41, 5.74) is 4.16. The van der Waals surface area contributed by atoms with Gasteiger partial charge in [-0.15, -0.1) is 11.3 Å². The summed E-state index contributed by atoms with van der Waals surface area (Å²) in [7, 11) is 0. The van der Waals surface area contributed by atoms with E-state index in [1.54, 1.807) is 11.3 Å². The summed E-state index contributed by atoms with van der Waals surface area (Å²) >= 11 is 3.07. The van der Waals surface area contributed by atoms with Gasteiger partial charge in [0.05, 0.1) is 5.25 Å². The SMILES string of the molecule is Cc1ccc(NC(=O)C(C)Sc2nc(C)cs2)c(C)c1. The number of carbonyl (C=O) groups excluding carboxylic acids is 1. The van der Waals surface area contributed by atoms with Crippen molar-refractivity contribution in [3.63, 3.8) is 0 Å². The van der Waals surface area contributed by atoms with Crippen LogP contribution in [0.2, 0.25) is 0 Å². The molecule has 1 aromatic carbocycles. The van der Waals surface area contributed by atoms with E-state index in [4.69, 9.17) is 0 Å². The molecule has 1 atom stereocenters. The number of rotatable bonds is 4. The molecule has 0 bridgehead atoms. The van der Waals surface area contributed by atoms with Crippen LogP contribution in [0.15, 0.2) is 27.9 Å². The van der Waals surface area contributed by atoms with Crippen LogP contribution in [0, 0.1) is 20.8 Å². The molecular weight excluding hydrogens is 288 g/mol. The Morgan fingerprint density at radius 2 is 2.10 bits per heavy atom. The van der Waals surface area contributed by atoms with Gasteiger partial charge >= 0.3 is 0 Å². The Kier molecular flexibility index (Phi) is 4.83. The van der Waals surface area contributed by atoms with Crippen LogP contribution in [0.5, 0.6) is 0 Å². The molecule has 0 spiro atoms. The molecule has 1 unspecified atom stereocenters. The molecule has 2 aromatic rings. The van der Waals surface area contributed by atoms with E-state index in [9.17, 15) is 4.79 Å². The number of carbonyl (C=O) groups is 1. The lowest BCUT2D eigenvalue weighted by atomic mass is 10.1. The third kappa shape index (κ3) is 3.84. The van der Waals surface area contributed by atoms with Crippen molar-refractivity contribution in [1.82, 2.24) is 4.98 Å². The van der Waals surface area contributed by atoms with Gasteiger partial charge in [-0.25, -0.2) is 4.98 Å². The monoisotopic (exact) mass is 306 g/mol. The number of benzene rings is 1. The minimum atomic E-state index is -0.166. The van der Waals surface area contributed by atoms with E-state index in [0.29, 0.717) is 0 Å². The van der Waals surface area contributed by atoms with Crippen LogP contribution < -0.4 is 5.32 Å². The number of thioether (sulfide) groups is 1. The van der Waals surface area contributed by atoms with E-state index in [0.717, 1.165) is 21.3 Å². The second-order valence-corrected chi connectivity index (χ2v) is 7.27. The summed E-state index contributed by atoms with van der Waals surface area (Å²) in [5, 5.41) is 4.81. The minimum absolute atomic E-state index is 0.00908. The Balaban J connectivity index is 2.00. The third-order valence-corrected chi connectivity index (χ3v) is 5.07. The molecule has 0 radical (unpaired) electrons. The lowest BCUT2D eigenvalue weighted by molar-refractivity contribution is -0.115. The maximum absolute atomic E-state index is 12.2. The highest BCUT2D eigenvalue weighted by Crippen LogP contribution is 2.27. The molecule has 1 heterocycles. The fourth-order valence-corrected chi connectivity index (χ4v) is 3.76. The average molecular weight is 306 g/mol. The van der Waals surface area contributed by atoms with Crippen molar-refractivity contribution in [1.29, 1.82) is 0 Å². The van der Waals surface area contributed by atoms with E-state index >= 15 is 0 Å². The van der Waals surface area contributed by atoms with Gasteiger partial charge in [-0.3, -0.25) is 4.79 Å². The zero-order valence-corrected chi connectivity index (χ0v) is 13.7. The molecule has 0 saturated heterocycles. The molecule has 106 valence electrons. The Bertz CT molecular complexity index is 622. The number of thiazole rings is 1. The third-order valence-electron chi connectivity index (χ3n) is 2.88. The van der Waals surface area contributed by atoms with Gasteiger partial charge in [0.2, 0.25) is 5.91 Å². The van der Waals surface area contributed by atoms with E-state index in [1.165, 1.54) is 17.3 Å². The first-order valence-electron chi connectivity index (χ1n) is 6.42. The fourth-order valence-electron chi connectivity index (χ4n) is 1.78. The first kappa shape index (κ1) is 15.1. The highest BCUT2D eigenvalue weighted by Gasteiger charge is 2.16. The first-order chi connectivity index (χ1) is 9.45. The molecule has 0 saturated carbocycles. The quantitative estimate of drug-likeness (QED) is 0.861. The summed E-state index contributed by atoms with van der Waals surface area (Å²) in [6.45, 7) is 7.91. The van der Waals surface area contributed by atoms with E-state index in [2.05, 4.69) is 16.4 Å². The Morgan fingerprint density at radius 3 is 2.70 bits per heavy atom. The summed E-state index contributed by atoms with van der Waals surface area (Å²) < 4.78 is 0.936. The van der Waals surface area contributed by atoms with Crippen LogP contribution >= 0.6 is 23.1 Å². The van der Waals surface area contributed by atoms with Crippen molar-refractivity contribution in [3.8, 4) is 0 Å². The second kappa shape index (κ2) is 6.41. The average Bonchev–Trinajstić information content (AvgIpc) is 2.78. The Labute approximate surface area is 127 Å². The van der Waals surface area contributed by atoms with Crippen LogP contribution in [0.4, 0.5) is 5.69 Å². The van der Waals surface area contributed by atoms with Crippen molar-refractivity contribution < 1.29 is 4.79 Å². The lowest BCUT2D eigenvalue weighted by Gasteiger charge is -2.12. The maximum atomic E-state index is 12.2. The molecule has 20 heavy (non-hydrogen) atoms. The largest absolute Gasteiger partial charge is 0.325 e. The molecule has 2 rings (SSSR count). The molecule has 0 aliphatic heterocycles. The normalized spacial score (nSPS) is 12.2. The lowest BCUT2D eigenvalue weighted by Crippen LogP contribution is -2.22. The minimum Gasteiger partial charge on any atom is -0.325 e. The number of nitrogens with one attached hydrogen (secondary N) is 1. The van der Waals surface area contributed by atoms with Crippen molar-refractivity contribution in [2.75, 3.05) is 5.32 Å². The van der Waals surface area contributed by atoms with Gasteiger partial charge in [0.25, 0.3) is 0 Å². The molecule has 5 heteroatoms.